The molecule has 6 rings (SSSR count). The molecule has 1 aromatic heterocycles. The van der Waals surface area contributed by atoms with E-state index in [9.17, 15) is 0 Å². The molecule has 0 bridgehead atoms. The van der Waals surface area contributed by atoms with Crippen molar-refractivity contribution in [1.29, 1.82) is 0 Å². The molecule has 0 radical (unpaired) electrons. The molecular weight excluding hydrogens is 520 g/mol. The normalized spacial score (nSPS) is 13.8. The first kappa shape index (κ1) is 27.7. The summed E-state index contributed by atoms with van der Waals surface area (Å²) in [4.78, 5) is 2.31. The maximum atomic E-state index is 7.48. The lowest BCUT2D eigenvalue weighted by atomic mass is 9.86. The summed E-state index contributed by atoms with van der Waals surface area (Å²) in [6, 6.07) is 33.2. The van der Waals surface area contributed by atoms with Crippen molar-refractivity contribution in [2.75, 3.05) is 4.90 Å². The van der Waals surface area contributed by atoms with Crippen LogP contribution in [-0.4, -0.2) is 4.57 Å². The minimum Gasteiger partial charge on any atom is -0.312 e. The molecule has 210 valence electrons. The smallest absolute Gasteiger partial charge is 0.0886 e. The van der Waals surface area contributed by atoms with Crippen molar-refractivity contribution < 1.29 is 0 Å². The summed E-state index contributed by atoms with van der Waals surface area (Å²) in [6.07, 6.45) is 4.67. The average Bonchev–Trinajstić information content (AvgIpc) is 3.28. The predicted octanol–water partition coefficient (Wildman–Crippen LogP) is 11.2. The summed E-state index contributed by atoms with van der Waals surface area (Å²) in [5.41, 5.74) is 11.2. The van der Waals surface area contributed by atoms with Crippen molar-refractivity contribution >= 4 is 39.6 Å². The number of aryl methyl sites for hydroxylation is 1. The minimum absolute atomic E-state index is 0.0872. The van der Waals surface area contributed by atoms with Crippen LogP contribution in [0.25, 0.3) is 16.6 Å². The molecule has 0 N–H and O–H groups in total. The van der Waals surface area contributed by atoms with Gasteiger partial charge < -0.3 is 9.47 Å². The Morgan fingerprint density at radius 3 is 1.78 bits per heavy atom. The highest BCUT2D eigenvalue weighted by Gasteiger charge is 2.25. The lowest BCUT2D eigenvalue weighted by Crippen LogP contribution is -2.15. The highest BCUT2D eigenvalue weighted by molar-refractivity contribution is 6.35. The van der Waals surface area contributed by atoms with E-state index in [1.165, 1.54) is 46.1 Å². The fraction of sp³-hybridized carbons (Fsp3) is 0.316. The second kappa shape index (κ2) is 10.4. The van der Waals surface area contributed by atoms with Gasteiger partial charge in [-0.25, -0.2) is 0 Å². The predicted molar refractivity (Wildman–Crippen MR) is 177 cm³/mol. The zero-order valence-electron chi connectivity index (χ0n) is 25.3. The average molecular weight is 561 g/mol. The van der Waals surface area contributed by atoms with Crippen LogP contribution in [0.2, 0.25) is 5.02 Å². The van der Waals surface area contributed by atoms with Gasteiger partial charge in [-0.15, -0.1) is 0 Å². The van der Waals surface area contributed by atoms with E-state index in [1.807, 2.05) is 0 Å². The summed E-state index contributed by atoms with van der Waals surface area (Å²) >= 11 is 7.48. The first-order valence-corrected chi connectivity index (χ1v) is 15.3. The first-order valence-electron chi connectivity index (χ1n) is 15.0. The topological polar surface area (TPSA) is 8.17 Å². The van der Waals surface area contributed by atoms with E-state index in [0.29, 0.717) is 0 Å². The van der Waals surface area contributed by atoms with Crippen LogP contribution in [0.5, 0.6) is 0 Å². The third kappa shape index (κ3) is 5.08. The Morgan fingerprint density at radius 2 is 1.20 bits per heavy atom. The number of hydrogen-bond donors (Lipinski definition) is 0. The molecule has 5 aromatic rings. The molecule has 1 aliphatic rings. The lowest BCUT2D eigenvalue weighted by molar-refractivity contribution is 0.590. The highest BCUT2D eigenvalue weighted by atomic mass is 35.5. The lowest BCUT2D eigenvalue weighted by Gasteiger charge is -2.29. The van der Waals surface area contributed by atoms with E-state index >= 15 is 0 Å². The molecular formula is C38H41ClN2. The number of rotatable bonds is 4. The first-order chi connectivity index (χ1) is 19.5. The van der Waals surface area contributed by atoms with Gasteiger partial charge in [-0.1, -0.05) is 102 Å². The fourth-order valence-electron chi connectivity index (χ4n) is 6.27. The molecule has 1 aliphatic carbocycles. The van der Waals surface area contributed by atoms with E-state index < -0.39 is 0 Å². The van der Waals surface area contributed by atoms with Crippen LogP contribution in [0.1, 0.15) is 76.8 Å². The number of nitrogens with zero attached hydrogens (tertiary/aromatic N) is 2. The molecule has 0 spiro atoms. The highest BCUT2D eigenvalue weighted by Crippen LogP contribution is 2.44. The zero-order valence-corrected chi connectivity index (χ0v) is 26.0. The van der Waals surface area contributed by atoms with Crippen molar-refractivity contribution in [3.05, 3.63) is 118 Å². The van der Waals surface area contributed by atoms with Crippen LogP contribution in [0.15, 0.2) is 91.0 Å². The van der Waals surface area contributed by atoms with Crippen molar-refractivity contribution in [2.45, 2.75) is 78.1 Å². The summed E-state index contributed by atoms with van der Waals surface area (Å²) in [7, 11) is 0. The number of hydrogen-bond acceptors (Lipinski definition) is 1. The Labute approximate surface area is 250 Å². The van der Waals surface area contributed by atoms with E-state index in [-0.39, 0.29) is 10.8 Å². The maximum absolute atomic E-state index is 7.48. The summed E-state index contributed by atoms with van der Waals surface area (Å²) in [6.45, 7) is 13.5. The summed E-state index contributed by atoms with van der Waals surface area (Å²) in [5.74, 6) is 0. The standard InChI is InChI=1S/C38H41ClN2/c1-37(2,3)26-18-22-28(23-19-26)40(29-24-20-27(21-25-29)38(4,5)6)34-16-11-17-35(36(34)39)41-32-14-9-7-12-30(32)31-13-8-10-15-33(31)41/h7,9,11-12,14,16-25H,8,10,13,15H2,1-6H3. The molecule has 1 heterocycles. The van der Waals surface area contributed by atoms with Gasteiger partial charge in [-0.3, -0.25) is 0 Å². The van der Waals surface area contributed by atoms with Crippen LogP contribution >= 0.6 is 11.6 Å². The number of fused-ring (bicyclic) bond motifs is 3. The Morgan fingerprint density at radius 1 is 0.634 bits per heavy atom. The molecule has 0 amide bonds. The molecule has 0 fully saturated rings. The molecule has 41 heavy (non-hydrogen) atoms. The van der Waals surface area contributed by atoms with Gasteiger partial charge in [0.05, 0.1) is 21.9 Å². The zero-order chi connectivity index (χ0) is 28.9. The van der Waals surface area contributed by atoms with Crippen LogP contribution in [0.4, 0.5) is 17.1 Å². The van der Waals surface area contributed by atoms with Crippen molar-refractivity contribution in [3.8, 4) is 5.69 Å². The quantitative estimate of drug-likeness (QED) is 0.212. The van der Waals surface area contributed by atoms with E-state index in [4.69, 9.17) is 11.6 Å². The van der Waals surface area contributed by atoms with Crippen LogP contribution in [0.3, 0.4) is 0 Å². The molecule has 0 saturated carbocycles. The number of anilines is 3. The van der Waals surface area contributed by atoms with Crippen LogP contribution in [-0.2, 0) is 23.7 Å². The number of aromatic nitrogens is 1. The van der Waals surface area contributed by atoms with Gasteiger partial charge in [0.2, 0.25) is 0 Å². The van der Waals surface area contributed by atoms with Gasteiger partial charge in [0.25, 0.3) is 0 Å². The third-order valence-electron chi connectivity index (χ3n) is 8.60. The van der Waals surface area contributed by atoms with Gasteiger partial charge in [-0.05, 0) is 95.7 Å². The minimum atomic E-state index is 0.0872. The number of halogens is 1. The number of para-hydroxylation sites is 1. The molecule has 0 unspecified atom stereocenters. The molecule has 3 heteroatoms. The Hall–Kier alpha value is -3.49. The van der Waals surface area contributed by atoms with Crippen molar-refractivity contribution in [1.82, 2.24) is 4.57 Å². The van der Waals surface area contributed by atoms with Gasteiger partial charge >= 0.3 is 0 Å². The van der Waals surface area contributed by atoms with E-state index in [0.717, 1.165) is 40.6 Å². The van der Waals surface area contributed by atoms with Gasteiger partial charge in [0, 0.05) is 22.5 Å². The Bertz CT molecular complexity index is 1640. The third-order valence-corrected chi connectivity index (χ3v) is 8.99. The molecule has 2 nitrogen and oxygen atoms in total. The SMILES string of the molecule is CC(C)(C)c1ccc(N(c2ccc(C(C)(C)C)cc2)c2cccc(-n3c4c(c5ccccc53)CCCC4)c2Cl)cc1. The molecule has 0 saturated heterocycles. The Balaban J connectivity index is 1.54. The van der Waals surface area contributed by atoms with Gasteiger partial charge in [0.1, 0.15) is 0 Å². The fourth-order valence-corrected chi connectivity index (χ4v) is 6.57. The van der Waals surface area contributed by atoms with Crippen LogP contribution < -0.4 is 4.90 Å². The Kier molecular flexibility index (Phi) is 7.02. The second-order valence-electron chi connectivity index (χ2n) is 13.5. The molecule has 0 atom stereocenters. The number of benzene rings is 4. The van der Waals surface area contributed by atoms with Crippen molar-refractivity contribution in [3.63, 3.8) is 0 Å². The van der Waals surface area contributed by atoms with Crippen molar-refractivity contribution in [2.24, 2.45) is 0 Å². The maximum Gasteiger partial charge on any atom is 0.0886 e. The van der Waals surface area contributed by atoms with Gasteiger partial charge in [0.15, 0.2) is 0 Å². The molecule has 4 aromatic carbocycles. The largest absolute Gasteiger partial charge is 0.312 e. The molecule has 0 aliphatic heterocycles. The van der Waals surface area contributed by atoms with E-state index in [2.05, 4.69) is 142 Å². The summed E-state index contributed by atoms with van der Waals surface area (Å²) < 4.78 is 2.43. The second-order valence-corrected chi connectivity index (χ2v) is 13.9. The summed E-state index contributed by atoms with van der Waals surface area (Å²) in [5, 5.41) is 2.12. The monoisotopic (exact) mass is 560 g/mol. The van der Waals surface area contributed by atoms with Gasteiger partial charge in [-0.2, -0.15) is 0 Å². The van der Waals surface area contributed by atoms with E-state index in [1.54, 1.807) is 0 Å². The van der Waals surface area contributed by atoms with Crippen LogP contribution in [0, 0.1) is 0 Å².